The van der Waals surface area contributed by atoms with Crippen molar-refractivity contribution in [3.63, 3.8) is 0 Å². The molecule has 1 unspecified atom stereocenters. The lowest BCUT2D eigenvalue weighted by Crippen LogP contribution is -2.55. The van der Waals surface area contributed by atoms with Gasteiger partial charge in [-0.3, -0.25) is 4.90 Å². The lowest BCUT2D eigenvalue weighted by atomic mass is 10.2. The van der Waals surface area contributed by atoms with Crippen LogP contribution in [0.3, 0.4) is 0 Å². The first-order valence-electron chi connectivity index (χ1n) is 7.38. The van der Waals surface area contributed by atoms with Crippen molar-refractivity contribution < 1.29 is 8.42 Å². The third kappa shape index (κ3) is 3.28. The molecule has 3 fully saturated rings. The van der Waals surface area contributed by atoms with E-state index in [1.165, 1.54) is 6.42 Å². The highest BCUT2D eigenvalue weighted by molar-refractivity contribution is 7.86. The van der Waals surface area contributed by atoms with Crippen LogP contribution in [0.5, 0.6) is 0 Å². The van der Waals surface area contributed by atoms with Crippen LogP contribution in [0.2, 0.25) is 0 Å². The molecule has 0 amide bonds. The maximum Gasteiger partial charge on any atom is 0.282 e. The van der Waals surface area contributed by atoms with E-state index in [4.69, 9.17) is 0 Å². The molecule has 3 saturated heterocycles. The summed E-state index contributed by atoms with van der Waals surface area (Å²) in [5.41, 5.74) is 0. The van der Waals surface area contributed by atoms with Crippen LogP contribution in [0.4, 0.5) is 0 Å². The van der Waals surface area contributed by atoms with Gasteiger partial charge in [0.15, 0.2) is 0 Å². The predicted molar refractivity (Wildman–Crippen MR) is 81.4 cm³/mol. The number of nitrogens with one attached hydrogen (secondary N) is 1. The summed E-state index contributed by atoms with van der Waals surface area (Å²) in [6.45, 7) is 6.60. The van der Waals surface area contributed by atoms with Crippen molar-refractivity contribution in [2.75, 3.05) is 52.4 Å². The maximum absolute atomic E-state index is 12.4. The van der Waals surface area contributed by atoms with Crippen LogP contribution in [0, 0.1) is 0 Å². The highest BCUT2D eigenvalue weighted by Gasteiger charge is 2.35. The van der Waals surface area contributed by atoms with E-state index in [9.17, 15) is 8.42 Å². The van der Waals surface area contributed by atoms with E-state index in [2.05, 4.69) is 10.2 Å². The van der Waals surface area contributed by atoms with Crippen LogP contribution in [0.25, 0.3) is 0 Å². The molecule has 0 saturated carbocycles. The highest BCUT2D eigenvalue weighted by Crippen LogP contribution is 2.19. The van der Waals surface area contributed by atoms with Gasteiger partial charge in [-0.05, 0) is 25.8 Å². The van der Waals surface area contributed by atoms with Gasteiger partial charge in [-0.15, -0.1) is 12.4 Å². The number of rotatable bonds is 3. The molecule has 3 aliphatic heterocycles. The minimum atomic E-state index is -3.18. The molecule has 20 heavy (non-hydrogen) atoms. The zero-order chi connectivity index (χ0) is 13.3. The van der Waals surface area contributed by atoms with E-state index in [1.54, 1.807) is 8.61 Å². The molecule has 0 radical (unpaired) electrons. The normalized spacial score (nSPS) is 30.5. The molecule has 0 bridgehead atoms. The lowest BCUT2D eigenvalue weighted by molar-refractivity contribution is 0.141. The maximum atomic E-state index is 12.4. The second-order valence-electron chi connectivity index (χ2n) is 5.70. The summed E-state index contributed by atoms with van der Waals surface area (Å²) < 4.78 is 28.2. The number of hydrogen-bond acceptors (Lipinski definition) is 4. The zero-order valence-electron chi connectivity index (χ0n) is 11.8. The Hall–Kier alpha value is 0.0800. The van der Waals surface area contributed by atoms with Crippen LogP contribution >= 0.6 is 12.4 Å². The van der Waals surface area contributed by atoms with Crippen LogP contribution in [0.15, 0.2) is 0 Å². The molecular formula is C12H25ClN4O2S. The third-order valence-corrected chi connectivity index (χ3v) is 6.58. The first-order chi connectivity index (χ1) is 9.18. The molecular weight excluding hydrogens is 300 g/mol. The predicted octanol–water partition coefficient (Wildman–Crippen LogP) is -0.272. The van der Waals surface area contributed by atoms with Crippen molar-refractivity contribution in [2.45, 2.75) is 25.3 Å². The fourth-order valence-electron chi connectivity index (χ4n) is 3.33. The summed E-state index contributed by atoms with van der Waals surface area (Å²) in [4.78, 5) is 2.44. The Morgan fingerprint density at radius 3 is 2.05 bits per heavy atom. The average molecular weight is 325 g/mol. The quantitative estimate of drug-likeness (QED) is 0.776. The van der Waals surface area contributed by atoms with Crippen LogP contribution in [-0.2, 0) is 10.2 Å². The van der Waals surface area contributed by atoms with Crippen molar-refractivity contribution in [1.29, 1.82) is 0 Å². The van der Waals surface area contributed by atoms with Crippen molar-refractivity contribution in [2.24, 2.45) is 0 Å². The molecule has 6 nitrogen and oxygen atoms in total. The summed E-state index contributed by atoms with van der Waals surface area (Å²) in [6, 6.07) is 0.608. The van der Waals surface area contributed by atoms with Gasteiger partial charge >= 0.3 is 0 Å². The van der Waals surface area contributed by atoms with E-state index < -0.39 is 10.2 Å². The molecule has 0 spiro atoms. The first-order valence-corrected chi connectivity index (χ1v) is 8.77. The topological polar surface area (TPSA) is 55.9 Å². The molecule has 118 valence electrons. The van der Waals surface area contributed by atoms with Gasteiger partial charge in [0.25, 0.3) is 10.2 Å². The fraction of sp³-hybridized carbons (Fsp3) is 1.00. The Morgan fingerprint density at radius 2 is 1.50 bits per heavy atom. The van der Waals surface area contributed by atoms with E-state index in [0.29, 0.717) is 32.2 Å². The van der Waals surface area contributed by atoms with Gasteiger partial charge in [-0.2, -0.15) is 17.0 Å². The molecule has 0 aromatic carbocycles. The molecule has 8 heteroatoms. The van der Waals surface area contributed by atoms with Crippen LogP contribution < -0.4 is 5.32 Å². The molecule has 3 rings (SSSR count). The number of halogens is 1. The molecule has 1 atom stereocenters. The van der Waals surface area contributed by atoms with Gasteiger partial charge in [0, 0.05) is 51.9 Å². The van der Waals surface area contributed by atoms with Crippen molar-refractivity contribution in [3.05, 3.63) is 0 Å². The van der Waals surface area contributed by atoms with Crippen LogP contribution in [-0.4, -0.2) is 80.3 Å². The Bertz CT molecular complexity index is 400. The van der Waals surface area contributed by atoms with E-state index in [0.717, 1.165) is 39.0 Å². The summed E-state index contributed by atoms with van der Waals surface area (Å²) in [5, 5.41) is 3.37. The lowest BCUT2D eigenvalue weighted by Gasteiger charge is -2.38. The molecule has 3 aliphatic rings. The highest BCUT2D eigenvalue weighted by atomic mass is 35.5. The van der Waals surface area contributed by atoms with Crippen LogP contribution in [0.1, 0.15) is 19.3 Å². The Morgan fingerprint density at radius 1 is 0.900 bits per heavy atom. The summed E-state index contributed by atoms with van der Waals surface area (Å²) in [6.07, 6.45) is 3.21. The van der Waals surface area contributed by atoms with Gasteiger partial charge in [0.05, 0.1) is 0 Å². The van der Waals surface area contributed by atoms with E-state index in [-0.39, 0.29) is 12.4 Å². The summed E-state index contributed by atoms with van der Waals surface area (Å²) >= 11 is 0. The summed E-state index contributed by atoms with van der Waals surface area (Å²) in [7, 11) is -3.18. The fourth-order valence-corrected chi connectivity index (χ4v) is 5.00. The molecule has 1 N–H and O–H groups in total. The molecule has 0 aromatic heterocycles. The molecule has 0 aliphatic carbocycles. The van der Waals surface area contributed by atoms with Gasteiger partial charge in [-0.1, -0.05) is 0 Å². The minimum absolute atomic E-state index is 0. The third-order valence-electron chi connectivity index (χ3n) is 4.54. The van der Waals surface area contributed by atoms with Gasteiger partial charge in [0.1, 0.15) is 0 Å². The Kier molecular flexibility index (Phi) is 5.67. The Balaban J connectivity index is 0.00000147. The van der Waals surface area contributed by atoms with Gasteiger partial charge in [-0.25, -0.2) is 0 Å². The smallest absolute Gasteiger partial charge is 0.282 e. The zero-order valence-corrected chi connectivity index (χ0v) is 13.5. The van der Waals surface area contributed by atoms with E-state index in [1.807, 2.05) is 0 Å². The second kappa shape index (κ2) is 6.89. The minimum Gasteiger partial charge on any atom is -0.315 e. The monoisotopic (exact) mass is 324 g/mol. The largest absolute Gasteiger partial charge is 0.315 e. The standard InChI is InChI=1S/C12H24N4O2S.ClH/c17-19(18,15-5-1-2-6-15)16-9-7-14(8-10-16)12-3-4-13-11-12;/h12-13H,1-11H2;1H. The Labute approximate surface area is 128 Å². The number of piperazine rings is 1. The molecule has 3 heterocycles. The van der Waals surface area contributed by atoms with Crippen molar-refractivity contribution in [3.8, 4) is 0 Å². The second-order valence-corrected chi connectivity index (χ2v) is 7.62. The average Bonchev–Trinajstić information content (AvgIpc) is 3.12. The number of nitrogens with zero attached hydrogens (tertiary/aromatic N) is 3. The SMILES string of the molecule is Cl.O=S(=O)(N1CCCC1)N1CCN(C2CCNC2)CC1. The summed E-state index contributed by atoms with van der Waals surface area (Å²) in [5.74, 6) is 0. The van der Waals surface area contributed by atoms with Crippen molar-refractivity contribution >= 4 is 22.6 Å². The van der Waals surface area contributed by atoms with Gasteiger partial charge in [0.2, 0.25) is 0 Å². The molecule has 0 aromatic rings. The number of hydrogen-bond donors (Lipinski definition) is 1. The van der Waals surface area contributed by atoms with Gasteiger partial charge < -0.3 is 5.32 Å². The van der Waals surface area contributed by atoms with E-state index >= 15 is 0 Å². The van der Waals surface area contributed by atoms with Crippen molar-refractivity contribution in [1.82, 2.24) is 18.8 Å². The first kappa shape index (κ1) is 16.5.